The topological polar surface area (TPSA) is 35.5 Å². The second kappa shape index (κ2) is 7.85. The molecule has 1 aliphatic rings. The zero-order chi connectivity index (χ0) is 19.6. The summed E-state index contributed by atoms with van der Waals surface area (Å²) in [6.07, 6.45) is 2.99. The first kappa shape index (κ1) is 19.6. The number of likely N-dealkylation sites (N-methyl/N-ethyl adjacent to an activating group) is 1. The largest absolute Gasteiger partial charge is 0.363 e. The lowest BCUT2D eigenvalue weighted by Gasteiger charge is -2.26. The fraction of sp³-hybridized carbons (Fsp3) is 0.545. The van der Waals surface area contributed by atoms with E-state index >= 15 is 0 Å². The van der Waals surface area contributed by atoms with Crippen LogP contribution in [-0.2, 0) is 12.0 Å². The van der Waals surface area contributed by atoms with Crippen LogP contribution in [0.15, 0.2) is 36.5 Å². The van der Waals surface area contributed by atoms with Crippen molar-refractivity contribution in [2.45, 2.75) is 45.2 Å². The van der Waals surface area contributed by atoms with Crippen molar-refractivity contribution in [2.75, 3.05) is 44.0 Å². The molecule has 0 amide bonds. The molecule has 1 aromatic carbocycles. The van der Waals surface area contributed by atoms with Crippen LogP contribution in [0.2, 0.25) is 0 Å². The molecule has 2 aromatic rings. The molecule has 1 atom stereocenters. The number of nitrogens with zero attached hydrogens (tertiary/aromatic N) is 5. The van der Waals surface area contributed by atoms with Gasteiger partial charge in [-0.25, -0.2) is 4.98 Å². The molecule has 0 bridgehead atoms. The predicted octanol–water partition coefficient (Wildman–Crippen LogP) is 3.55. The number of hydrogen-bond acceptors (Lipinski definition) is 5. The molecule has 1 unspecified atom stereocenters. The van der Waals surface area contributed by atoms with E-state index in [0.29, 0.717) is 6.04 Å². The number of likely N-dealkylation sites (tertiary alicyclic amines) is 1. The highest BCUT2D eigenvalue weighted by molar-refractivity contribution is 5.42. The van der Waals surface area contributed by atoms with Gasteiger partial charge in [0, 0.05) is 53.0 Å². The lowest BCUT2D eigenvalue weighted by molar-refractivity contribution is 0.325. The highest BCUT2D eigenvalue weighted by atomic mass is 15.3. The van der Waals surface area contributed by atoms with Gasteiger partial charge in [0.05, 0.1) is 0 Å². The van der Waals surface area contributed by atoms with E-state index in [-0.39, 0.29) is 5.41 Å². The van der Waals surface area contributed by atoms with Gasteiger partial charge in [0.15, 0.2) is 0 Å². The fourth-order valence-electron chi connectivity index (χ4n) is 3.56. The summed E-state index contributed by atoms with van der Waals surface area (Å²) in [4.78, 5) is 15.9. The van der Waals surface area contributed by atoms with Gasteiger partial charge in [0.25, 0.3) is 0 Å². The number of rotatable bonds is 5. The number of benzene rings is 1. The van der Waals surface area contributed by atoms with Crippen molar-refractivity contribution < 1.29 is 0 Å². The van der Waals surface area contributed by atoms with Crippen LogP contribution in [0.1, 0.15) is 38.3 Å². The van der Waals surface area contributed by atoms with E-state index in [0.717, 1.165) is 37.8 Å². The van der Waals surface area contributed by atoms with E-state index in [1.165, 1.54) is 11.1 Å². The van der Waals surface area contributed by atoms with E-state index in [1.54, 1.807) is 0 Å². The van der Waals surface area contributed by atoms with Crippen LogP contribution in [0.25, 0.3) is 0 Å². The third-order valence-corrected chi connectivity index (χ3v) is 5.42. The zero-order valence-electron chi connectivity index (χ0n) is 17.6. The van der Waals surface area contributed by atoms with Gasteiger partial charge in [-0.15, -0.1) is 0 Å². The van der Waals surface area contributed by atoms with Crippen molar-refractivity contribution in [1.82, 2.24) is 14.9 Å². The van der Waals surface area contributed by atoms with Gasteiger partial charge in [0.2, 0.25) is 5.95 Å². The van der Waals surface area contributed by atoms with Gasteiger partial charge in [-0.3, -0.25) is 4.90 Å². The maximum Gasteiger partial charge on any atom is 0.227 e. The second-order valence-corrected chi connectivity index (χ2v) is 8.84. The van der Waals surface area contributed by atoms with E-state index in [2.05, 4.69) is 71.9 Å². The first-order valence-electron chi connectivity index (χ1n) is 9.79. The zero-order valence-corrected chi connectivity index (χ0v) is 17.6. The van der Waals surface area contributed by atoms with E-state index in [4.69, 9.17) is 0 Å². The molecule has 1 aromatic heterocycles. The van der Waals surface area contributed by atoms with E-state index in [1.807, 2.05) is 31.3 Å². The highest BCUT2D eigenvalue weighted by Crippen LogP contribution is 2.24. The van der Waals surface area contributed by atoms with E-state index in [9.17, 15) is 0 Å². The molecule has 0 radical (unpaired) electrons. The van der Waals surface area contributed by atoms with Crippen molar-refractivity contribution >= 4 is 11.8 Å². The van der Waals surface area contributed by atoms with Crippen molar-refractivity contribution in [3.8, 4) is 0 Å². The maximum atomic E-state index is 4.68. The van der Waals surface area contributed by atoms with Crippen LogP contribution in [-0.4, -0.2) is 55.1 Å². The number of aromatic nitrogens is 2. The minimum atomic E-state index is 0.209. The Labute approximate surface area is 164 Å². The van der Waals surface area contributed by atoms with E-state index < -0.39 is 0 Å². The summed E-state index contributed by atoms with van der Waals surface area (Å²) in [5.74, 6) is 1.75. The first-order chi connectivity index (χ1) is 12.7. The standard InChI is InChI=1S/C22H33N5/c1-22(2,3)18-9-7-17(8-10-18)15-27-14-12-19(16-27)26(6)21-23-13-11-20(24-21)25(4)5/h7-11,13,19H,12,14-16H2,1-6H3. The SMILES string of the molecule is CN(C)c1ccnc(N(C)C2CCN(Cc3ccc(C(C)(C)C)cc3)C2)n1. The van der Waals surface area contributed by atoms with Crippen molar-refractivity contribution in [3.05, 3.63) is 47.7 Å². The first-order valence-corrected chi connectivity index (χ1v) is 9.79. The maximum absolute atomic E-state index is 4.68. The molecule has 0 saturated carbocycles. The monoisotopic (exact) mass is 367 g/mol. The van der Waals surface area contributed by atoms with Crippen LogP contribution in [0.3, 0.4) is 0 Å². The average molecular weight is 368 g/mol. The molecule has 0 spiro atoms. The summed E-state index contributed by atoms with van der Waals surface area (Å²) >= 11 is 0. The van der Waals surface area contributed by atoms with Crippen LogP contribution in [0.5, 0.6) is 0 Å². The molecule has 5 nitrogen and oxygen atoms in total. The molecule has 146 valence electrons. The van der Waals surface area contributed by atoms with Crippen molar-refractivity contribution in [2.24, 2.45) is 0 Å². The summed E-state index contributed by atoms with van der Waals surface area (Å²) in [7, 11) is 6.13. The molecule has 0 N–H and O–H groups in total. The minimum Gasteiger partial charge on any atom is -0.363 e. The van der Waals surface area contributed by atoms with Gasteiger partial charge in [-0.2, -0.15) is 4.98 Å². The van der Waals surface area contributed by atoms with Gasteiger partial charge in [-0.05, 0) is 29.0 Å². The quantitative estimate of drug-likeness (QED) is 0.808. The Morgan fingerprint density at radius 3 is 2.41 bits per heavy atom. The summed E-state index contributed by atoms with van der Waals surface area (Å²) in [5, 5.41) is 0. The van der Waals surface area contributed by atoms with Crippen LogP contribution in [0.4, 0.5) is 11.8 Å². The average Bonchev–Trinajstić information content (AvgIpc) is 3.09. The Morgan fingerprint density at radius 1 is 1.07 bits per heavy atom. The third-order valence-electron chi connectivity index (χ3n) is 5.42. The summed E-state index contributed by atoms with van der Waals surface area (Å²) in [6, 6.07) is 11.5. The van der Waals surface area contributed by atoms with Gasteiger partial charge < -0.3 is 9.80 Å². The van der Waals surface area contributed by atoms with Gasteiger partial charge in [0.1, 0.15) is 5.82 Å². The molecule has 5 heteroatoms. The number of anilines is 2. The molecule has 1 saturated heterocycles. The molecule has 27 heavy (non-hydrogen) atoms. The Morgan fingerprint density at radius 2 is 1.78 bits per heavy atom. The minimum absolute atomic E-state index is 0.209. The summed E-state index contributed by atoms with van der Waals surface area (Å²) in [5.41, 5.74) is 2.99. The summed E-state index contributed by atoms with van der Waals surface area (Å²) in [6.45, 7) is 9.95. The number of hydrogen-bond donors (Lipinski definition) is 0. The van der Waals surface area contributed by atoms with Crippen LogP contribution in [0, 0.1) is 0 Å². The Bertz CT molecular complexity index is 748. The van der Waals surface area contributed by atoms with Gasteiger partial charge in [-0.1, -0.05) is 45.0 Å². The third kappa shape index (κ3) is 4.78. The van der Waals surface area contributed by atoms with Crippen molar-refractivity contribution in [3.63, 3.8) is 0 Å². The molecule has 1 fully saturated rings. The normalized spacial score (nSPS) is 17.9. The van der Waals surface area contributed by atoms with Crippen LogP contribution >= 0.6 is 0 Å². The predicted molar refractivity (Wildman–Crippen MR) is 114 cm³/mol. The van der Waals surface area contributed by atoms with Crippen LogP contribution < -0.4 is 9.80 Å². The summed E-state index contributed by atoms with van der Waals surface area (Å²) < 4.78 is 0. The molecular formula is C22H33N5. The smallest absolute Gasteiger partial charge is 0.227 e. The fourth-order valence-corrected chi connectivity index (χ4v) is 3.56. The lowest BCUT2D eigenvalue weighted by Crippen LogP contribution is -2.35. The Kier molecular flexibility index (Phi) is 5.70. The molecule has 1 aliphatic heterocycles. The Balaban J connectivity index is 1.60. The van der Waals surface area contributed by atoms with Crippen molar-refractivity contribution in [1.29, 1.82) is 0 Å². The van der Waals surface area contributed by atoms with Gasteiger partial charge >= 0.3 is 0 Å². The second-order valence-electron chi connectivity index (χ2n) is 8.84. The molecular weight excluding hydrogens is 334 g/mol. The molecule has 0 aliphatic carbocycles. The Hall–Kier alpha value is -2.14. The molecule has 2 heterocycles. The lowest BCUT2D eigenvalue weighted by atomic mass is 9.87. The molecule has 3 rings (SSSR count). The highest BCUT2D eigenvalue weighted by Gasteiger charge is 2.27.